The van der Waals surface area contributed by atoms with E-state index in [0.29, 0.717) is 21.4 Å². The van der Waals surface area contributed by atoms with Crippen LogP contribution in [0.15, 0.2) is 54.6 Å². The van der Waals surface area contributed by atoms with Crippen LogP contribution in [0.4, 0.5) is 0 Å². The highest BCUT2D eigenvalue weighted by Gasteiger charge is 2.48. The lowest BCUT2D eigenvalue weighted by molar-refractivity contribution is -0.197. The lowest BCUT2D eigenvalue weighted by atomic mass is 9.90. The van der Waals surface area contributed by atoms with Gasteiger partial charge in [0.2, 0.25) is 35.4 Å². The quantitative estimate of drug-likeness (QED) is 0.0626. The number of methoxy groups -OCH3 is 1. The minimum atomic E-state index is -1.17. The number of amides is 8. The van der Waals surface area contributed by atoms with Crippen LogP contribution in [0.5, 0.6) is 5.75 Å². The van der Waals surface area contributed by atoms with Gasteiger partial charge in [-0.3, -0.25) is 38.4 Å². The third kappa shape index (κ3) is 17.3. The number of nitrogens with one attached hydrogen (secondary N) is 6. The maximum atomic E-state index is 14.0. The second kappa shape index (κ2) is 27.3. The van der Waals surface area contributed by atoms with E-state index in [2.05, 4.69) is 31.9 Å². The fourth-order valence-corrected chi connectivity index (χ4v) is 8.76. The molecule has 8 atom stereocenters. The average Bonchev–Trinajstić information content (AvgIpc) is 4.11. The molecule has 3 unspecified atom stereocenters. The van der Waals surface area contributed by atoms with Crippen molar-refractivity contribution >= 4 is 70.8 Å². The van der Waals surface area contributed by atoms with Crippen molar-refractivity contribution in [2.24, 2.45) is 23.2 Å². The summed E-state index contributed by atoms with van der Waals surface area (Å²) in [7, 11) is 1.49. The Kier molecular flexibility index (Phi) is 21.5. The molecular weight excluding hydrogens is 1010 g/mol. The highest BCUT2D eigenvalue weighted by molar-refractivity contribution is 6.32. The van der Waals surface area contributed by atoms with E-state index in [1.54, 1.807) is 52.0 Å². The number of hydrogen-bond donors (Lipinski definition) is 6. The Morgan fingerprint density at radius 1 is 0.855 bits per heavy atom. The van der Waals surface area contributed by atoms with E-state index in [9.17, 15) is 47.9 Å². The van der Waals surface area contributed by atoms with Gasteiger partial charge in [0.1, 0.15) is 42.1 Å². The first-order chi connectivity index (χ1) is 35.9. The molecule has 76 heavy (non-hydrogen) atoms. The number of benzene rings is 2. The molecule has 22 heteroatoms. The van der Waals surface area contributed by atoms with Gasteiger partial charge in [-0.15, -0.1) is 5.06 Å². The molecule has 2 aromatic carbocycles. The monoisotopic (exact) mass is 1080 g/mol. The average molecular weight is 1080 g/mol. The van der Waals surface area contributed by atoms with Gasteiger partial charge >= 0.3 is 11.9 Å². The molecule has 0 bridgehead atoms. The van der Waals surface area contributed by atoms with Gasteiger partial charge in [-0.05, 0) is 80.3 Å². The largest absolute Gasteiger partial charge is 0.495 e. The van der Waals surface area contributed by atoms with Gasteiger partial charge in [0.25, 0.3) is 11.8 Å². The number of nitrogens with zero attached hydrogens (tertiary/aromatic N) is 1. The van der Waals surface area contributed by atoms with Gasteiger partial charge in [-0.2, -0.15) is 0 Å². The topological polar surface area (TPSA) is 286 Å². The van der Waals surface area contributed by atoms with Crippen LogP contribution in [0.25, 0.3) is 0 Å². The van der Waals surface area contributed by atoms with Crippen LogP contribution in [0.2, 0.25) is 5.02 Å². The Balaban J connectivity index is 1.17. The molecule has 0 radical (unpaired) electrons. The van der Waals surface area contributed by atoms with Gasteiger partial charge in [-0.25, -0.2) is 9.59 Å². The Morgan fingerprint density at radius 3 is 2.16 bits per heavy atom. The summed E-state index contributed by atoms with van der Waals surface area (Å²) in [6.07, 6.45) is 1.34. The SMILES string of the molecule is COc1ccc(C[C@H]2NC(=O)/C=C/C[C@@H](C(C)[C@H]3O[C@@H]3c3ccc(CNC(=O)C(C)NC(=O)C(NC(=O)CCCC(=O)ON4C(=O)CCC4=O)C(C)C)cc3)OC(=O)[C@H](CC(C)C)NC(=O)C(C)(C)CNC2=O)cc1Cl. The number of carbonyl (C=O) groups excluding carboxylic acids is 10. The molecule has 5 rings (SSSR count). The molecule has 0 saturated carbocycles. The Morgan fingerprint density at radius 2 is 1.53 bits per heavy atom. The number of esters is 1. The van der Waals surface area contributed by atoms with Crippen molar-refractivity contribution in [3.63, 3.8) is 0 Å². The van der Waals surface area contributed by atoms with Crippen LogP contribution >= 0.6 is 11.6 Å². The normalized spacial score (nSPS) is 22.8. The van der Waals surface area contributed by atoms with Crippen molar-refractivity contribution in [3.05, 3.63) is 76.3 Å². The molecule has 8 amide bonds. The number of imide groups is 1. The number of epoxide rings is 1. The predicted octanol–water partition coefficient (Wildman–Crippen LogP) is 3.74. The molecule has 0 aliphatic carbocycles. The summed E-state index contributed by atoms with van der Waals surface area (Å²) in [5, 5.41) is 17.3. The highest BCUT2D eigenvalue weighted by atomic mass is 35.5. The van der Waals surface area contributed by atoms with Crippen LogP contribution in [-0.2, 0) is 75.2 Å². The fourth-order valence-electron chi connectivity index (χ4n) is 8.48. The van der Waals surface area contributed by atoms with Gasteiger partial charge < -0.3 is 50.9 Å². The van der Waals surface area contributed by atoms with E-state index in [4.69, 9.17) is 30.6 Å². The molecule has 3 heterocycles. The molecule has 3 aliphatic heterocycles. The fraction of sp³-hybridized carbons (Fsp3) is 0.556. The number of rotatable bonds is 20. The Hall–Kier alpha value is -6.87. The summed E-state index contributed by atoms with van der Waals surface area (Å²) < 4.78 is 17.6. The molecule has 0 aromatic heterocycles. The lowest BCUT2D eigenvalue weighted by Gasteiger charge is -2.30. The van der Waals surface area contributed by atoms with E-state index in [-0.39, 0.29) is 82.4 Å². The Bertz CT molecular complexity index is 2500. The van der Waals surface area contributed by atoms with Crippen molar-refractivity contribution in [1.82, 2.24) is 37.0 Å². The third-order valence-corrected chi connectivity index (χ3v) is 13.5. The zero-order valence-corrected chi connectivity index (χ0v) is 45.3. The maximum absolute atomic E-state index is 14.0. The Labute approximate surface area is 447 Å². The molecule has 2 fully saturated rings. The zero-order chi connectivity index (χ0) is 56.0. The van der Waals surface area contributed by atoms with Crippen molar-refractivity contribution in [2.75, 3.05) is 13.7 Å². The second-order valence-corrected chi connectivity index (χ2v) is 21.3. The van der Waals surface area contributed by atoms with Crippen molar-refractivity contribution in [2.45, 2.75) is 156 Å². The van der Waals surface area contributed by atoms with Crippen LogP contribution in [0.1, 0.15) is 123 Å². The molecule has 3 aliphatic rings. The first-order valence-electron chi connectivity index (χ1n) is 25.6. The van der Waals surface area contributed by atoms with Crippen LogP contribution in [0.3, 0.4) is 0 Å². The second-order valence-electron chi connectivity index (χ2n) is 20.9. The van der Waals surface area contributed by atoms with Gasteiger partial charge in [0.15, 0.2) is 0 Å². The van der Waals surface area contributed by atoms with Crippen molar-refractivity contribution in [3.8, 4) is 5.75 Å². The predicted molar refractivity (Wildman–Crippen MR) is 276 cm³/mol. The van der Waals surface area contributed by atoms with Gasteiger partial charge in [0, 0.05) is 57.5 Å². The summed E-state index contributed by atoms with van der Waals surface area (Å²) in [6, 6.07) is 8.40. The number of hydroxylamine groups is 2. The zero-order valence-electron chi connectivity index (χ0n) is 44.6. The van der Waals surface area contributed by atoms with Crippen molar-refractivity contribution in [1.29, 1.82) is 0 Å². The van der Waals surface area contributed by atoms with E-state index in [1.165, 1.54) is 20.1 Å². The first-order valence-corrected chi connectivity index (χ1v) is 26.0. The van der Waals surface area contributed by atoms with Gasteiger partial charge in [0.05, 0.1) is 23.7 Å². The summed E-state index contributed by atoms with van der Waals surface area (Å²) in [5.74, 6) is -6.15. The summed E-state index contributed by atoms with van der Waals surface area (Å²) in [6.45, 7) is 14.0. The number of ether oxygens (including phenoxy) is 3. The summed E-state index contributed by atoms with van der Waals surface area (Å²) in [4.78, 5) is 134. The molecule has 2 saturated heterocycles. The number of carbonyl (C=O) groups is 10. The number of halogens is 1. The molecule has 21 nitrogen and oxygen atoms in total. The van der Waals surface area contributed by atoms with Crippen molar-refractivity contribution < 1.29 is 67.0 Å². The van der Waals surface area contributed by atoms with E-state index >= 15 is 0 Å². The maximum Gasteiger partial charge on any atom is 0.333 e. The minimum absolute atomic E-state index is 0.00390. The molecule has 6 N–H and O–H groups in total. The molecule has 414 valence electrons. The summed E-state index contributed by atoms with van der Waals surface area (Å²) in [5.41, 5.74) is 1.06. The van der Waals surface area contributed by atoms with Gasteiger partial charge in [-0.1, -0.05) is 82.6 Å². The first kappa shape index (κ1) is 60.0. The van der Waals surface area contributed by atoms with Crippen LogP contribution in [-0.4, -0.2) is 114 Å². The molecule has 2 aromatic rings. The van der Waals surface area contributed by atoms with Crippen LogP contribution < -0.4 is 36.6 Å². The van der Waals surface area contributed by atoms with E-state index in [1.807, 2.05) is 45.0 Å². The number of hydrogen-bond acceptors (Lipinski definition) is 14. The third-order valence-electron chi connectivity index (χ3n) is 13.2. The smallest absolute Gasteiger partial charge is 0.333 e. The lowest BCUT2D eigenvalue weighted by Crippen LogP contribution is -2.54. The van der Waals surface area contributed by atoms with E-state index < -0.39 is 107 Å². The number of cyclic esters (lactones) is 1. The molecule has 0 spiro atoms. The standard InChI is InChI=1S/C54H72ClN7O14/c1-29(2)24-38-52(71)74-39(12-10-13-41(63)59-37(26-34-18-21-40(73-9)36(55)25-34)50(69)57-28-54(7,8)53(72)60-38)31(5)47-48(75-47)35-19-16-33(17-20-35)27-56-49(68)32(6)58-51(70)46(30(3)4)61-42(64)14-11-15-45(67)76-62-43(65)22-23-44(62)66/h10,13,16-21,25,29-32,37-39,46-48H,11-12,14-15,22-24,26-28H2,1-9H3,(H,56,68)(H,57,69)(H,58,70)(H,59,63)(H,60,72)(H,61,64)/b13-10+/t31?,32?,37-,38+,39+,46?,47-,48-/m1/s1. The van der Waals surface area contributed by atoms with Crippen LogP contribution in [0, 0.1) is 23.2 Å². The highest BCUT2D eigenvalue weighted by Crippen LogP contribution is 2.45. The van der Waals surface area contributed by atoms with E-state index in [0.717, 1.165) is 11.1 Å². The minimum Gasteiger partial charge on any atom is -0.495 e. The molecular formula is C54H72ClN7O14. The summed E-state index contributed by atoms with van der Waals surface area (Å²) >= 11 is 6.38.